The second-order valence-corrected chi connectivity index (χ2v) is 4.23. The summed E-state index contributed by atoms with van der Waals surface area (Å²) in [5.74, 6) is -0.254. The molecule has 0 aromatic carbocycles. The van der Waals surface area contributed by atoms with Crippen LogP contribution in [-0.4, -0.2) is 35.5 Å². The lowest BCUT2D eigenvalue weighted by atomic mass is 10.1. The number of hydrogen-bond acceptors (Lipinski definition) is 3. The third-order valence-corrected chi connectivity index (χ3v) is 2.68. The number of carboxylic acids is 1. The average Bonchev–Trinajstić information content (AvgIpc) is 2.76. The van der Waals surface area contributed by atoms with Crippen LogP contribution in [-0.2, 0) is 11.2 Å². The van der Waals surface area contributed by atoms with Crippen molar-refractivity contribution in [1.82, 2.24) is 4.90 Å². The van der Waals surface area contributed by atoms with Crippen molar-refractivity contribution in [2.75, 3.05) is 13.6 Å². The Hall–Kier alpha value is -1.78. The molecule has 0 radical (unpaired) electrons. The molecule has 5 heteroatoms. The van der Waals surface area contributed by atoms with Crippen molar-refractivity contribution in [3.63, 3.8) is 0 Å². The first-order chi connectivity index (χ1) is 8.56. The van der Waals surface area contributed by atoms with Gasteiger partial charge in [0.2, 0.25) is 0 Å². The van der Waals surface area contributed by atoms with Gasteiger partial charge in [-0.3, -0.25) is 9.59 Å². The molecular weight excluding hydrogens is 234 g/mol. The van der Waals surface area contributed by atoms with E-state index < -0.39 is 5.97 Å². The third kappa shape index (κ3) is 3.91. The number of hydrogen-bond donors (Lipinski definition) is 1. The lowest BCUT2D eigenvalue weighted by Gasteiger charge is -2.16. The van der Waals surface area contributed by atoms with Gasteiger partial charge in [0, 0.05) is 26.4 Å². The minimum absolute atomic E-state index is 0.0742. The number of carbonyl (C=O) groups is 2. The molecule has 0 saturated carbocycles. The molecule has 0 bridgehead atoms. The summed E-state index contributed by atoms with van der Waals surface area (Å²) in [5.41, 5.74) is 0.578. The largest absolute Gasteiger partial charge is 0.481 e. The predicted octanol–water partition coefficient (Wildman–Crippen LogP) is 2.17. The highest BCUT2D eigenvalue weighted by atomic mass is 16.4. The zero-order valence-electron chi connectivity index (χ0n) is 10.8. The number of carbonyl (C=O) groups excluding carboxylic acids is 1. The Balaban J connectivity index is 2.57. The Morgan fingerprint density at radius 1 is 1.44 bits per heavy atom. The molecule has 1 amide bonds. The summed E-state index contributed by atoms with van der Waals surface area (Å²) >= 11 is 0. The van der Waals surface area contributed by atoms with Crippen molar-refractivity contribution in [3.8, 4) is 0 Å². The maximum absolute atomic E-state index is 12.1. The molecule has 0 saturated heterocycles. The first kappa shape index (κ1) is 14.3. The lowest BCUT2D eigenvalue weighted by molar-refractivity contribution is -0.137. The van der Waals surface area contributed by atoms with Gasteiger partial charge in [-0.05, 0) is 18.9 Å². The van der Waals surface area contributed by atoms with Crippen molar-refractivity contribution in [2.24, 2.45) is 0 Å². The fraction of sp³-hybridized carbons (Fsp3) is 0.538. The van der Waals surface area contributed by atoms with Gasteiger partial charge in [-0.15, -0.1) is 0 Å². The molecule has 1 aromatic heterocycles. The van der Waals surface area contributed by atoms with E-state index >= 15 is 0 Å². The quantitative estimate of drug-likeness (QED) is 0.808. The van der Waals surface area contributed by atoms with Crippen LogP contribution in [0.4, 0.5) is 0 Å². The van der Waals surface area contributed by atoms with Gasteiger partial charge in [-0.25, -0.2) is 0 Å². The molecule has 18 heavy (non-hydrogen) atoms. The Bertz CT molecular complexity index is 411. The molecule has 0 unspecified atom stereocenters. The Kier molecular flexibility index (Phi) is 5.42. The Morgan fingerprint density at radius 2 is 2.17 bits per heavy atom. The van der Waals surface area contributed by atoms with E-state index in [1.165, 1.54) is 11.2 Å². The molecule has 0 fully saturated rings. The maximum atomic E-state index is 12.1. The van der Waals surface area contributed by atoms with Gasteiger partial charge in [0.05, 0.1) is 11.8 Å². The first-order valence-corrected chi connectivity index (χ1v) is 6.09. The zero-order chi connectivity index (χ0) is 13.5. The number of aryl methyl sites for hydroxylation is 1. The van der Waals surface area contributed by atoms with E-state index in [4.69, 9.17) is 9.52 Å². The fourth-order valence-electron chi connectivity index (χ4n) is 1.73. The lowest BCUT2D eigenvalue weighted by Crippen LogP contribution is -2.28. The van der Waals surface area contributed by atoms with Crippen LogP contribution in [0.1, 0.15) is 42.3 Å². The van der Waals surface area contributed by atoms with Crippen LogP contribution in [0, 0.1) is 0 Å². The van der Waals surface area contributed by atoms with Crippen LogP contribution in [0.25, 0.3) is 0 Å². The smallest absolute Gasteiger partial charge is 0.303 e. The summed E-state index contributed by atoms with van der Waals surface area (Å²) in [6, 6.07) is 1.67. The molecule has 5 nitrogen and oxygen atoms in total. The molecule has 1 N–H and O–H groups in total. The first-order valence-electron chi connectivity index (χ1n) is 6.09. The van der Waals surface area contributed by atoms with E-state index in [1.54, 1.807) is 13.1 Å². The summed E-state index contributed by atoms with van der Waals surface area (Å²) in [6.07, 6.45) is 3.69. The monoisotopic (exact) mass is 253 g/mol. The Morgan fingerprint density at radius 3 is 2.78 bits per heavy atom. The topological polar surface area (TPSA) is 70.8 Å². The van der Waals surface area contributed by atoms with E-state index in [0.29, 0.717) is 24.3 Å². The van der Waals surface area contributed by atoms with Gasteiger partial charge in [0.15, 0.2) is 0 Å². The highest BCUT2D eigenvalue weighted by Crippen LogP contribution is 2.15. The van der Waals surface area contributed by atoms with Crippen LogP contribution >= 0.6 is 0 Å². The van der Waals surface area contributed by atoms with Gasteiger partial charge >= 0.3 is 5.97 Å². The predicted molar refractivity (Wildman–Crippen MR) is 66.5 cm³/mol. The van der Waals surface area contributed by atoms with E-state index in [-0.39, 0.29) is 12.3 Å². The van der Waals surface area contributed by atoms with E-state index in [9.17, 15) is 9.59 Å². The van der Waals surface area contributed by atoms with Crippen LogP contribution < -0.4 is 0 Å². The van der Waals surface area contributed by atoms with E-state index in [0.717, 1.165) is 12.8 Å². The Labute approximate surface area is 106 Å². The van der Waals surface area contributed by atoms with Crippen LogP contribution in [0.3, 0.4) is 0 Å². The molecule has 100 valence electrons. The summed E-state index contributed by atoms with van der Waals surface area (Å²) in [4.78, 5) is 24.0. The molecule has 1 aromatic rings. The van der Waals surface area contributed by atoms with E-state index in [1.807, 2.05) is 6.92 Å². The molecule has 0 spiro atoms. The van der Waals surface area contributed by atoms with Crippen LogP contribution in [0.2, 0.25) is 0 Å². The van der Waals surface area contributed by atoms with Crippen molar-refractivity contribution >= 4 is 11.9 Å². The number of furan rings is 1. The molecule has 1 rings (SSSR count). The molecular formula is C13H19NO4. The van der Waals surface area contributed by atoms with Gasteiger partial charge in [0.25, 0.3) is 5.91 Å². The number of aliphatic carboxylic acids is 1. The summed E-state index contributed by atoms with van der Waals surface area (Å²) in [7, 11) is 1.67. The molecule has 0 aliphatic rings. The fourth-order valence-corrected chi connectivity index (χ4v) is 1.73. The van der Waals surface area contributed by atoms with Crippen LogP contribution in [0.5, 0.6) is 0 Å². The molecule has 0 aliphatic carbocycles. The van der Waals surface area contributed by atoms with Gasteiger partial charge in [-0.2, -0.15) is 0 Å². The van der Waals surface area contributed by atoms with Crippen molar-refractivity contribution in [2.45, 2.75) is 32.6 Å². The molecule has 0 aliphatic heterocycles. The van der Waals surface area contributed by atoms with Gasteiger partial charge < -0.3 is 14.4 Å². The molecule has 1 heterocycles. The third-order valence-electron chi connectivity index (χ3n) is 2.68. The van der Waals surface area contributed by atoms with Crippen molar-refractivity contribution in [1.29, 1.82) is 0 Å². The van der Waals surface area contributed by atoms with Crippen molar-refractivity contribution < 1.29 is 19.1 Å². The second kappa shape index (κ2) is 6.83. The highest BCUT2D eigenvalue weighted by Gasteiger charge is 2.17. The zero-order valence-corrected chi connectivity index (χ0v) is 10.8. The average molecular weight is 253 g/mol. The summed E-state index contributed by atoms with van der Waals surface area (Å²) in [6.45, 7) is 2.45. The second-order valence-electron chi connectivity index (χ2n) is 4.23. The minimum atomic E-state index is -0.842. The van der Waals surface area contributed by atoms with E-state index in [2.05, 4.69) is 0 Å². The minimum Gasteiger partial charge on any atom is -0.481 e. The number of amides is 1. The highest BCUT2D eigenvalue weighted by molar-refractivity contribution is 5.95. The summed E-state index contributed by atoms with van der Waals surface area (Å²) in [5, 5.41) is 8.54. The number of nitrogens with zero attached hydrogens (tertiary/aromatic N) is 1. The number of rotatable bonds is 7. The summed E-state index contributed by atoms with van der Waals surface area (Å²) < 4.78 is 5.28. The maximum Gasteiger partial charge on any atom is 0.303 e. The van der Waals surface area contributed by atoms with Gasteiger partial charge in [-0.1, -0.05) is 6.92 Å². The molecule has 0 atom stereocenters. The normalized spacial score (nSPS) is 10.3. The van der Waals surface area contributed by atoms with Gasteiger partial charge in [0.1, 0.15) is 5.76 Å². The SMILES string of the molecule is CCCc1occc1C(=O)N(C)CCCC(=O)O. The van der Waals surface area contributed by atoms with Crippen molar-refractivity contribution in [3.05, 3.63) is 23.7 Å². The number of carboxylic acid groups (broad SMARTS) is 1. The standard InChI is InChI=1S/C13H19NO4/c1-3-5-11-10(7-9-18-11)13(17)14(2)8-4-6-12(15)16/h7,9H,3-6,8H2,1-2H3,(H,15,16). The van der Waals surface area contributed by atoms with Crippen LogP contribution in [0.15, 0.2) is 16.7 Å².